The molecule has 166 valence electrons. The van der Waals surface area contributed by atoms with Crippen LogP contribution in [0.15, 0.2) is 11.3 Å². The molecule has 14 heteroatoms. The van der Waals surface area contributed by atoms with Gasteiger partial charge in [-0.2, -0.15) is 0 Å². The number of hydrogen-bond acceptors (Lipinski definition) is 9. The molecule has 0 spiro atoms. The highest BCUT2D eigenvalue weighted by Gasteiger charge is 2.54. The summed E-state index contributed by atoms with van der Waals surface area (Å²) in [6.45, 7) is -0.368. The van der Waals surface area contributed by atoms with Gasteiger partial charge in [0.15, 0.2) is 0 Å². The summed E-state index contributed by atoms with van der Waals surface area (Å²) < 4.78 is 9.69. The van der Waals surface area contributed by atoms with Gasteiger partial charge >= 0.3 is 18.0 Å². The van der Waals surface area contributed by atoms with E-state index < -0.39 is 53.4 Å². The fraction of sp³-hybridized carbons (Fsp3) is 0.562. The van der Waals surface area contributed by atoms with E-state index >= 15 is 0 Å². The highest BCUT2D eigenvalue weighted by Crippen LogP contribution is 2.40. The Labute approximate surface area is 174 Å². The zero-order chi connectivity index (χ0) is 22.6. The molecule has 0 radical (unpaired) electrons. The minimum atomic E-state index is -1.38. The lowest BCUT2D eigenvalue weighted by atomic mass is 10.0. The van der Waals surface area contributed by atoms with Crippen LogP contribution in [0.5, 0.6) is 0 Å². The second-order valence-corrected chi connectivity index (χ2v) is 7.61. The number of amides is 3. The first-order valence-electron chi connectivity index (χ1n) is 8.72. The van der Waals surface area contributed by atoms with Gasteiger partial charge in [-0.15, -0.1) is 11.8 Å². The average molecular weight is 446 g/mol. The van der Waals surface area contributed by atoms with Gasteiger partial charge < -0.3 is 36.5 Å². The Balaban J connectivity index is 2.05. The summed E-state index contributed by atoms with van der Waals surface area (Å²) in [4.78, 5) is 59.2. The maximum absolute atomic E-state index is 12.5. The summed E-state index contributed by atoms with van der Waals surface area (Å²) in [7, 11) is 1.26. The van der Waals surface area contributed by atoms with Crippen molar-refractivity contribution in [1.29, 1.82) is 0 Å². The molecular formula is C16H22N4O9S. The van der Waals surface area contributed by atoms with Crippen molar-refractivity contribution in [3.8, 4) is 0 Å². The third-order valence-electron chi connectivity index (χ3n) is 4.57. The number of hydrogen-bond donors (Lipinski definition) is 5. The highest BCUT2D eigenvalue weighted by atomic mass is 32.2. The van der Waals surface area contributed by atoms with Crippen LogP contribution in [-0.4, -0.2) is 88.0 Å². The molecule has 0 aromatic heterocycles. The number of carboxylic acids is 2. The van der Waals surface area contributed by atoms with Crippen LogP contribution >= 0.6 is 11.8 Å². The van der Waals surface area contributed by atoms with E-state index in [-0.39, 0.29) is 36.5 Å². The van der Waals surface area contributed by atoms with E-state index in [0.717, 1.165) is 4.90 Å². The van der Waals surface area contributed by atoms with E-state index in [1.165, 1.54) is 18.9 Å². The number of aliphatic carboxylic acids is 2. The molecule has 3 amide bonds. The van der Waals surface area contributed by atoms with Crippen LogP contribution in [0.25, 0.3) is 0 Å². The van der Waals surface area contributed by atoms with Crippen molar-refractivity contribution in [2.45, 2.75) is 36.4 Å². The molecule has 30 heavy (non-hydrogen) atoms. The van der Waals surface area contributed by atoms with E-state index in [2.05, 4.69) is 10.1 Å². The minimum absolute atomic E-state index is 0.0146. The van der Waals surface area contributed by atoms with E-state index in [0.29, 0.717) is 0 Å². The average Bonchev–Trinajstić information content (AvgIpc) is 2.69. The smallest absolute Gasteiger partial charge is 0.404 e. The summed E-state index contributed by atoms with van der Waals surface area (Å²) >= 11 is 1.19. The van der Waals surface area contributed by atoms with Gasteiger partial charge in [0.05, 0.1) is 0 Å². The highest BCUT2D eigenvalue weighted by molar-refractivity contribution is 8.00. The van der Waals surface area contributed by atoms with Gasteiger partial charge in [0.2, 0.25) is 5.91 Å². The number of carboxylic acid groups (broad SMARTS) is 2. The maximum Gasteiger partial charge on any atom is 0.404 e. The maximum atomic E-state index is 12.5. The molecule has 2 aliphatic rings. The standard InChI is InChI=1S/C16H22N4O9S/c1-28-8(3-2-7(17)14(23)24)11(21)19-9-12(22)20-10(15(25)26)6(4-29-16(18)27)5-30-13(9)20/h7-9,13H,2-5,17H2,1H3,(H2,18,27)(H,19,21)(H,23,24)(H,25,26)/t7?,8-,9-,13-/m1/s1. The molecule has 0 bridgehead atoms. The van der Waals surface area contributed by atoms with Gasteiger partial charge in [-0.1, -0.05) is 0 Å². The first-order valence-corrected chi connectivity index (χ1v) is 9.77. The lowest BCUT2D eigenvalue weighted by Crippen LogP contribution is -2.71. The Morgan fingerprint density at radius 3 is 2.50 bits per heavy atom. The third-order valence-corrected chi connectivity index (χ3v) is 5.91. The number of rotatable bonds is 10. The van der Waals surface area contributed by atoms with Gasteiger partial charge in [-0.3, -0.25) is 19.3 Å². The number of nitrogens with two attached hydrogens (primary N) is 2. The van der Waals surface area contributed by atoms with Crippen LogP contribution in [0.2, 0.25) is 0 Å². The Bertz CT molecular complexity index is 787. The SMILES string of the molecule is CO[C@H](CCC(N)C(=O)O)C(=O)N[C@@H]1C(=O)N2C(C(=O)O)=C(COC(N)=O)CS[C@H]12. The van der Waals surface area contributed by atoms with Crippen molar-refractivity contribution in [1.82, 2.24) is 10.2 Å². The van der Waals surface area contributed by atoms with Gasteiger partial charge in [0.1, 0.15) is 35.9 Å². The molecule has 0 saturated carbocycles. The van der Waals surface area contributed by atoms with Crippen molar-refractivity contribution in [2.24, 2.45) is 11.5 Å². The fourth-order valence-corrected chi connectivity index (χ4v) is 4.34. The molecule has 2 aliphatic heterocycles. The Morgan fingerprint density at radius 2 is 1.97 bits per heavy atom. The van der Waals surface area contributed by atoms with Crippen molar-refractivity contribution >= 4 is 41.6 Å². The summed E-state index contributed by atoms with van der Waals surface area (Å²) in [5, 5.41) is 20.1. The molecule has 1 unspecified atom stereocenters. The third kappa shape index (κ3) is 5.01. The van der Waals surface area contributed by atoms with E-state index in [1.54, 1.807) is 0 Å². The van der Waals surface area contributed by atoms with E-state index in [9.17, 15) is 29.1 Å². The van der Waals surface area contributed by atoms with Gasteiger partial charge in [0, 0.05) is 18.4 Å². The number of β-lactam (4-membered cyclic amide) rings is 1. The summed E-state index contributed by atoms with van der Waals surface area (Å²) in [6, 6.07) is -2.14. The topological polar surface area (TPSA) is 212 Å². The Kier molecular flexibility index (Phi) is 7.64. The van der Waals surface area contributed by atoms with Gasteiger partial charge in [0.25, 0.3) is 5.91 Å². The quantitative estimate of drug-likeness (QED) is 0.232. The number of nitrogens with zero attached hydrogens (tertiary/aromatic N) is 1. The van der Waals surface area contributed by atoms with Crippen molar-refractivity contribution < 1.29 is 43.7 Å². The molecule has 0 aromatic rings. The second-order valence-electron chi connectivity index (χ2n) is 6.51. The molecule has 1 fully saturated rings. The number of thioether (sulfide) groups is 1. The summed E-state index contributed by atoms with van der Waals surface area (Å²) in [5.74, 6) is -3.72. The monoisotopic (exact) mass is 446 g/mol. The predicted molar refractivity (Wildman–Crippen MR) is 101 cm³/mol. The van der Waals surface area contributed by atoms with Crippen LogP contribution in [0.1, 0.15) is 12.8 Å². The number of carbonyl (C=O) groups is 5. The molecule has 0 aromatic carbocycles. The predicted octanol–water partition coefficient (Wildman–Crippen LogP) is -1.97. The molecule has 2 rings (SSSR count). The molecule has 7 N–H and O–H groups in total. The van der Waals surface area contributed by atoms with Crippen LogP contribution < -0.4 is 16.8 Å². The Hall–Kier alpha value is -2.84. The first kappa shape index (κ1) is 23.4. The number of nitrogens with one attached hydrogen (secondary N) is 1. The summed E-state index contributed by atoms with van der Waals surface area (Å²) in [5.41, 5.74) is 10.2. The van der Waals surface area contributed by atoms with E-state index in [4.69, 9.17) is 21.3 Å². The zero-order valence-electron chi connectivity index (χ0n) is 15.9. The number of fused-ring (bicyclic) bond motifs is 1. The zero-order valence-corrected chi connectivity index (χ0v) is 16.7. The molecular weight excluding hydrogens is 424 g/mol. The minimum Gasteiger partial charge on any atom is -0.480 e. The van der Waals surface area contributed by atoms with Crippen molar-refractivity contribution in [2.75, 3.05) is 19.5 Å². The number of methoxy groups -OCH3 is 1. The van der Waals surface area contributed by atoms with Crippen LogP contribution in [0, 0.1) is 0 Å². The van der Waals surface area contributed by atoms with E-state index in [1.807, 2.05) is 0 Å². The number of primary amides is 1. The van der Waals surface area contributed by atoms with Crippen LogP contribution in [0.3, 0.4) is 0 Å². The molecule has 2 heterocycles. The normalized spacial score (nSPS) is 22.5. The first-order chi connectivity index (χ1) is 14.1. The largest absolute Gasteiger partial charge is 0.480 e. The second kappa shape index (κ2) is 9.77. The fourth-order valence-electron chi connectivity index (χ4n) is 3.01. The molecule has 1 saturated heterocycles. The van der Waals surface area contributed by atoms with Gasteiger partial charge in [-0.05, 0) is 12.8 Å². The Morgan fingerprint density at radius 1 is 1.30 bits per heavy atom. The number of ether oxygens (including phenoxy) is 2. The molecule has 0 aliphatic carbocycles. The summed E-state index contributed by atoms with van der Waals surface area (Å²) in [6.07, 6.45) is -2.10. The lowest BCUT2D eigenvalue weighted by molar-refractivity contribution is -0.152. The van der Waals surface area contributed by atoms with Crippen molar-refractivity contribution in [3.05, 3.63) is 11.3 Å². The molecule has 13 nitrogen and oxygen atoms in total. The van der Waals surface area contributed by atoms with Crippen molar-refractivity contribution in [3.63, 3.8) is 0 Å². The van der Waals surface area contributed by atoms with Crippen LogP contribution in [0.4, 0.5) is 4.79 Å². The lowest BCUT2D eigenvalue weighted by Gasteiger charge is -2.49. The van der Waals surface area contributed by atoms with Crippen LogP contribution in [-0.2, 0) is 28.7 Å². The number of carbonyl (C=O) groups excluding carboxylic acids is 3. The molecule has 4 atom stereocenters. The van der Waals surface area contributed by atoms with Gasteiger partial charge in [-0.25, -0.2) is 9.59 Å².